The maximum absolute atomic E-state index is 8.56. The Morgan fingerprint density at radius 1 is 1.40 bits per heavy atom. The zero-order valence-electron chi connectivity index (χ0n) is 2.67. The minimum absolute atomic E-state index is 0. The Bertz CT molecular complexity index is 55.3. The van der Waals surface area contributed by atoms with Gasteiger partial charge in [-0.3, -0.25) is 0 Å². The van der Waals surface area contributed by atoms with Gasteiger partial charge < -0.3 is 13.0 Å². The van der Waals surface area contributed by atoms with Crippen LogP contribution in [0.3, 0.4) is 0 Å². The van der Waals surface area contributed by atoms with E-state index in [2.05, 4.69) is 0 Å². The van der Waals surface area contributed by atoms with E-state index in [1.54, 1.807) is 0 Å². The van der Waals surface area contributed by atoms with E-state index in [1.165, 1.54) is 0 Å². The van der Waals surface area contributed by atoms with Crippen LogP contribution in [0.15, 0.2) is 0 Å². The molecule has 0 amide bonds. The molecular weight excluding hydrogens is 107 g/mol. The molecule has 0 aromatic heterocycles. The van der Waals surface area contributed by atoms with Crippen LogP contribution in [-0.2, 0) is 19.4 Å². The van der Waals surface area contributed by atoms with Crippen LogP contribution < -0.4 is 0 Å². The van der Waals surface area contributed by atoms with Crippen molar-refractivity contribution in [3.63, 3.8) is 0 Å². The predicted octanol–water partition coefficient (Wildman–Crippen LogP) is -1.15. The molecule has 0 unspecified atom stereocenters. The van der Waals surface area contributed by atoms with Gasteiger partial charge in [0.05, 0.1) is 0 Å². The van der Waals surface area contributed by atoms with Gasteiger partial charge in [-0.1, -0.05) is 0 Å². The Morgan fingerprint density at radius 2 is 1.40 bits per heavy atom. The molecule has 0 aliphatic rings. The van der Waals surface area contributed by atoms with Gasteiger partial charge in [0, 0.05) is 11.0 Å². The first-order valence-electron chi connectivity index (χ1n) is 0.516. The molecule has 0 bridgehead atoms. The molecule has 5 heavy (non-hydrogen) atoms. The summed E-state index contributed by atoms with van der Waals surface area (Å²) in [7, 11) is -2.86. The van der Waals surface area contributed by atoms with Gasteiger partial charge in [0.1, 0.15) is 0 Å². The van der Waals surface area contributed by atoms with Crippen LogP contribution in [0.5, 0.6) is 0 Å². The fourth-order valence-electron chi connectivity index (χ4n) is 0. The minimum atomic E-state index is -2.86. The second-order valence-electron chi connectivity index (χ2n) is 0.217. The number of rotatable bonds is 0. The molecule has 0 aromatic rings. The summed E-state index contributed by atoms with van der Waals surface area (Å²) in [5, 5.41) is 0. The second-order valence-corrected chi connectivity index (χ2v) is 0.651. The van der Waals surface area contributed by atoms with Crippen molar-refractivity contribution in [3.05, 3.63) is 0 Å². The van der Waals surface area contributed by atoms with Crippen molar-refractivity contribution in [1.29, 1.82) is 0 Å². The first-order chi connectivity index (χ1) is 1.73. The fourth-order valence-corrected chi connectivity index (χ4v) is 0. The molecule has 0 atom stereocenters. The molecule has 1 N–H and O–H groups in total. The van der Waals surface area contributed by atoms with E-state index in [-0.39, 0.29) is 17.4 Å². The van der Waals surface area contributed by atoms with Gasteiger partial charge >= 0.3 is 17.4 Å². The third-order valence-corrected chi connectivity index (χ3v) is 0. The molecule has 0 radical (unpaired) electrons. The predicted molar refractivity (Wildman–Crippen MR) is 19.9 cm³/mol. The zero-order chi connectivity index (χ0) is 3.58. The Kier molecular flexibility index (Phi) is 8.05. The summed E-state index contributed by atoms with van der Waals surface area (Å²) >= 11 is 0. The summed E-state index contributed by atoms with van der Waals surface area (Å²) in [6.45, 7) is 0. The van der Waals surface area contributed by atoms with Gasteiger partial charge in [-0.05, 0) is 0 Å². The molecule has 30 valence electrons. The van der Waals surface area contributed by atoms with Gasteiger partial charge in [-0.25, -0.2) is 0 Å². The van der Waals surface area contributed by atoms with Crippen molar-refractivity contribution < 1.29 is 13.0 Å². The summed E-state index contributed by atoms with van der Waals surface area (Å²) in [6, 6.07) is 0. The van der Waals surface area contributed by atoms with Crippen LogP contribution in [0.4, 0.5) is 0 Å². The van der Waals surface area contributed by atoms with Crippen LogP contribution in [0, 0.1) is 0 Å². The molecule has 0 heterocycles. The fraction of sp³-hybridized carbons (Fsp3) is 0. The molecule has 0 fully saturated rings. The van der Waals surface area contributed by atoms with E-state index in [1.807, 2.05) is 0 Å². The molecule has 0 aliphatic carbocycles. The summed E-state index contributed by atoms with van der Waals surface area (Å²) < 4.78 is 24.1. The standard InChI is InChI=1S/Al.HO3S.2H/c;1-4(2)3;;/h;(H,1,2,3);;/q+1;-1;;. The number of hydrogen-bond donors (Lipinski definition) is 1. The summed E-state index contributed by atoms with van der Waals surface area (Å²) in [5.74, 6) is 0. The van der Waals surface area contributed by atoms with Gasteiger partial charge in [0.2, 0.25) is 0 Å². The average molecular weight is 110 g/mol. The first kappa shape index (κ1) is 9.06. The molecule has 0 saturated heterocycles. The summed E-state index contributed by atoms with van der Waals surface area (Å²) in [6.07, 6.45) is 0. The second kappa shape index (κ2) is 4.44. The Balaban J connectivity index is 0. The molecule has 5 heteroatoms. The van der Waals surface area contributed by atoms with E-state index in [0.717, 1.165) is 0 Å². The summed E-state index contributed by atoms with van der Waals surface area (Å²) in [4.78, 5) is 0. The molecule has 0 spiro atoms. The number of hydrogen-bond acceptors (Lipinski definition) is 3. The van der Waals surface area contributed by atoms with Crippen molar-refractivity contribution in [2.24, 2.45) is 0 Å². The van der Waals surface area contributed by atoms with Gasteiger partial charge in [0.25, 0.3) is 0 Å². The molecule has 0 aromatic carbocycles. The van der Waals surface area contributed by atoms with Crippen LogP contribution in [-0.4, -0.2) is 21.9 Å². The van der Waals surface area contributed by atoms with Crippen molar-refractivity contribution in [1.82, 2.24) is 0 Å². The third kappa shape index (κ3) is 135. The topological polar surface area (TPSA) is 54.4 Å². The quantitative estimate of drug-likeness (QED) is 0.185. The maximum atomic E-state index is 8.56. The molecule has 0 rings (SSSR count). The van der Waals surface area contributed by atoms with Crippen LogP contribution in [0.25, 0.3) is 0 Å². The Morgan fingerprint density at radius 3 is 1.40 bits per heavy atom. The van der Waals surface area contributed by atoms with Crippen molar-refractivity contribution in [3.8, 4) is 0 Å². The van der Waals surface area contributed by atoms with Gasteiger partial charge in [0.15, 0.2) is 0 Å². The average Bonchev–Trinajstić information content (AvgIpc) is 0.811. The normalized spacial score (nSPS) is 6.80. The molecular formula is H3AlO3S. The Labute approximate surface area is 41.9 Å². The zero-order valence-corrected chi connectivity index (χ0v) is 5.49. The van der Waals surface area contributed by atoms with Gasteiger partial charge in [-0.15, -0.1) is 0 Å². The monoisotopic (exact) mass is 110 g/mol. The van der Waals surface area contributed by atoms with Gasteiger partial charge in [-0.2, -0.15) is 0 Å². The van der Waals surface area contributed by atoms with E-state index in [4.69, 9.17) is 13.0 Å². The molecule has 3 nitrogen and oxygen atoms in total. The van der Waals surface area contributed by atoms with Crippen LogP contribution >= 0.6 is 0 Å². The van der Waals surface area contributed by atoms with Crippen molar-refractivity contribution in [2.75, 3.05) is 0 Å². The third-order valence-electron chi connectivity index (χ3n) is 0. The van der Waals surface area contributed by atoms with Crippen LogP contribution in [0.2, 0.25) is 0 Å². The van der Waals surface area contributed by atoms with E-state index in [0.29, 0.717) is 0 Å². The van der Waals surface area contributed by atoms with E-state index in [9.17, 15) is 0 Å². The summed E-state index contributed by atoms with van der Waals surface area (Å²) in [5.41, 5.74) is 0. The SMILES string of the molecule is O=[S-](=O)O.[AlH2+]. The first-order valence-corrected chi connectivity index (χ1v) is 1.55. The van der Waals surface area contributed by atoms with E-state index < -0.39 is 11.0 Å². The Hall–Kier alpha value is 0.442. The molecule has 0 aliphatic heterocycles. The van der Waals surface area contributed by atoms with Crippen LogP contribution in [0.1, 0.15) is 0 Å². The van der Waals surface area contributed by atoms with Crippen molar-refractivity contribution >= 4 is 28.3 Å². The van der Waals surface area contributed by atoms with E-state index >= 15 is 0 Å². The molecule has 0 saturated carbocycles. The van der Waals surface area contributed by atoms with Crippen molar-refractivity contribution in [2.45, 2.75) is 0 Å².